The van der Waals surface area contributed by atoms with Gasteiger partial charge < -0.3 is 10.4 Å². The number of urea groups is 1. The lowest BCUT2D eigenvalue weighted by atomic mass is 10.2. The second kappa shape index (κ2) is 5.82. The highest BCUT2D eigenvalue weighted by molar-refractivity contribution is 7.91. The van der Waals surface area contributed by atoms with Gasteiger partial charge in [-0.2, -0.15) is 0 Å². The molecule has 2 amide bonds. The molecule has 0 aromatic rings. The van der Waals surface area contributed by atoms with E-state index in [1.807, 2.05) is 5.48 Å². The third kappa shape index (κ3) is 5.50. The minimum Gasteiger partial charge on any atom is -0.479 e. The molecule has 17 heavy (non-hydrogen) atoms. The topological polar surface area (TPSA) is 122 Å². The van der Waals surface area contributed by atoms with Crippen LogP contribution in [0.5, 0.6) is 0 Å². The zero-order chi connectivity index (χ0) is 12.9. The highest BCUT2D eigenvalue weighted by atomic mass is 32.2. The van der Waals surface area contributed by atoms with Crippen LogP contribution in [0.25, 0.3) is 0 Å². The predicted molar refractivity (Wildman–Crippen MR) is 56.9 cm³/mol. The first-order valence-electron chi connectivity index (χ1n) is 4.99. The predicted octanol–water partition coefficient (Wildman–Crippen LogP) is -1.12. The number of nitrogens with one attached hydrogen (secondary N) is 2. The van der Waals surface area contributed by atoms with Gasteiger partial charge in [0.15, 0.2) is 6.61 Å². The average Bonchev–Trinajstić information content (AvgIpc) is 2.21. The molecule has 0 bridgehead atoms. The van der Waals surface area contributed by atoms with Gasteiger partial charge in [-0.15, -0.1) is 0 Å². The fourth-order valence-electron chi connectivity index (χ4n) is 1.41. The molecule has 0 spiro atoms. The first kappa shape index (κ1) is 13.7. The van der Waals surface area contributed by atoms with Crippen molar-refractivity contribution in [3.05, 3.63) is 0 Å². The van der Waals surface area contributed by atoms with Gasteiger partial charge in [0.1, 0.15) is 9.84 Å². The van der Waals surface area contributed by atoms with Crippen molar-refractivity contribution in [2.24, 2.45) is 0 Å². The van der Waals surface area contributed by atoms with Crippen molar-refractivity contribution in [2.45, 2.75) is 18.9 Å². The van der Waals surface area contributed by atoms with Crippen LogP contribution in [0.2, 0.25) is 0 Å². The first-order chi connectivity index (χ1) is 7.89. The Morgan fingerprint density at radius 1 is 1.29 bits per heavy atom. The van der Waals surface area contributed by atoms with E-state index in [-0.39, 0.29) is 17.5 Å². The molecule has 1 heterocycles. The largest absolute Gasteiger partial charge is 0.479 e. The molecule has 8 nitrogen and oxygen atoms in total. The molecule has 0 aromatic carbocycles. The summed E-state index contributed by atoms with van der Waals surface area (Å²) in [4.78, 5) is 25.6. The van der Waals surface area contributed by atoms with Crippen molar-refractivity contribution in [3.8, 4) is 0 Å². The van der Waals surface area contributed by atoms with Gasteiger partial charge in [-0.3, -0.25) is 4.84 Å². The molecule has 1 rings (SSSR count). The van der Waals surface area contributed by atoms with Crippen LogP contribution in [0.1, 0.15) is 12.8 Å². The second-order valence-corrected chi connectivity index (χ2v) is 5.99. The number of carboxylic acids is 1. The Morgan fingerprint density at radius 2 is 1.88 bits per heavy atom. The zero-order valence-electron chi connectivity index (χ0n) is 9.01. The zero-order valence-corrected chi connectivity index (χ0v) is 9.83. The number of carbonyl (C=O) groups is 2. The molecule has 9 heteroatoms. The summed E-state index contributed by atoms with van der Waals surface area (Å²) in [5, 5.41) is 10.7. The summed E-state index contributed by atoms with van der Waals surface area (Å²) < 4.78 is 22.2. The molecule has 98 valence electrons. The Balaban J connectivity index is 2.21. The Morgan fingerprint density at radius 3 is 2.41 bits per heavy atom. The lowest BCUT2D eigenvalue weighted by Crippen LogP contribution is -2.45. The van der Waals surface area contributed by atoms with E-state index in [1.54, 1.807) is 0 Å². The normalized spacial score (nSPS) is 19.5. The third-order valence-electron chi connectivity index (χ3n) is 2.25. The van der Waals surface area contributed by atoms with Crippen LogP contribution in [0.3, 0.4) is 0 Å². The van der Waals surface area contributed by atoms with Crippen LogP contribution < -0.4 is 10.8 Å². The molecule has 1 aliphatic rings. The van der Waals surface area contributed by atoms with Crippen LogP contribution in [-0.2, 0) is 19.5 Å². The standard InChI is InChI=1S/C8H14N2O6S/c11-7(12)5-16-10-8(13)9-6-1-3-17(14,15)4-2-6/h6H,1-5H2,(H,11,12)(H2,9,10,13). The van der Waals surface area contributed by atoms with E-state index < -0.39 is 28.4 Å². The minimum atomic E-state index is -2.96. The van der Waals surface area contributed by atoms with Crippen molar-refractivity contribution in [1.29, 1.82) is 0 Å². The lowest BCUT2D eigenvalue weighted by Gasteiger charge is -2.22. The molecule has 0 atom stereocenters. The fraction of sp³-hybridized carbons (Fsp3) is 0.750. The van der Waals surface area contributed by atoms with Crippen molar-refractivity contribution >= 4 is 21.8 Å². The maximum Gasteiger partial charge on any atom is 0.338 e. The summed E-state index contributed by atoms with van der Waals surface area (Å²) in [6.07, 6.45) is 0.712. The summed E-state index contributed by atoms with van der Waals surface area (Å²) >= 11 is 0. The van der Waals surface area contributed by atoms with Gasteiger partial charge in [0, 0.05) is 6.04 Å². The van der Waals surface area contributed by atoms with E-state index in [4.69, 9.17) is 5.11 Å². The summed E-state index contributed by atoms with van der Waals surface area (Å²) in [7, 11) is -2.96. The van der Waals surface area contributed by atoms with Gasteiger partial charge in [-0.25, -0.2) is 23.5 Å². The molecule has 1 fully saturated rings. The first-order valence-corrected chi connectivity index (χ1v) is 6.82. The fourth-order valence-corrected chi connectivity index (χ4v) is 2.90. The van der Waals surface area contributed by atoms with Crippen molar-refractivity contribution in [3.63, 3.8) is 0 Å². The third-order valence-corrected chi connectivity index (χ3v) is 3.97. The molecular weight excluding hydrogens is 252 g/mol. The van der Waals surface area contributed by atoms with Gasteiger partial charge in [0.25, 0.3) is 0 Å². The Hall–Kier alpha value is -1.35. The second-order valence-electron chi connectivity index (χ2n) is 3.68. The molecule has 0 aliphatic carbocycles. The number of aliphatic carboxylic acids is 1. The summed E-state index contributed by atoms with van der Waals surface area (Å²) in [6, 6.07) is -0.900. The van der Waals surface area contributed by atoms with E-state index >= 15 is 0 Å². The number of hydrogen-bond donors (Lipinski definition) is 3. The number of rotatable bonds is 4. The van der Waals surface area contributed by atoms with Gasteiger partial charge in [0.2, 0.25) is 0 Å². The Kier molecular flexibility index (Phi) is 4.70. The number of hydroxylamine groups is 1. The molecule has 0 unspecified atom stereocenters. The minimum absolute atomic E-state index is 0.0495. The molecule has 0 aromatic heterocycles. The van der Waals surface area contributed by atoms with Crippen LogP contribution >= 0.6 is 0 Å². The van der Waals surface area contributed by atoms with Crippen LogP contribution in [0.15, 0.2) is 0 Å². The van der Waals surface area contributed by atoms with E-state index in [0.717, 1.165) is 0 Å². The van der Waals surface area contributed by atoms with Gasteiger partial charge >= 0.3 is 12.0 Å². The molecule has 0 radical (unpaired) electrons. The summed E-state index contributed by atoms with van der Waals surface area (Å²) in [6.45, 7) is -0.632. The smallest absolute Gasteiger partial charge is 0.338 e. The number of carbonyl (C=O) groups excluding carboxylic acids is 1. The van der Waals surface area contributed by atoms with E-state index in [0.29, 0.717) is 12.8 Å². The average molecular weight is 266 g/mol. The summed E-state index contributed by atoms with van der Waals surface area (Å²) in [5.74, 6) is -1.10. The van der Waals surface area contributed by atoms with E-state index in [9.17, 15) is 18.0 Å². The van der Waals surface area contributed by atoms with Gasteiger partial charge in [0.05, 0.1) is 11.5 Å². The number of sulfone groups is 1. The highest BCUT2D eigenvalue weighted by Gasteiger charge is 2.24. The highest BCUT2D eigenvalue weighted by Crippen LogP contribution is 2.11. The van der Waals surface area contributed by atoms with Crippen LogP contribution in [0.4, 0.5) is 4.79 Å². The summed E-state index contributed by atoms with van der Waals surface area (Å²) in [5.41, 5.74) is 1.90. The molecule has 1 aliphatic heterocycles. The number of amides is 2. The number of carboxylic acid groups (broad SMARTS) is 1. The maximum absolute atomic E-state index is 11.2. The monoisotopic (exact) mass is 266 g/mol. The Bertz CT molecular complexity index is 379. The quantitative estimate of drug-likeness (QED) is 0.554. The molecule has 1 saturated heterocycles. The molecule has 3 N–H and O–H groups in total. The van der Waals surface area contributed by atoms with Crippen LogP contribution in [-0.4, -0.2) is 49.7 Å². The maximum atomic E-state index is 11.2. The van der Waals surface area contributed by atoms with E-state index in [2.05, 4.69) is 10.2 Å². The van der Waals surface area contributed by atoms with Crippen molar-refractivity contribution in [1.82, 2.24) is 10.8 Å². The van der Waals surface area contributed by atoms with E-state index in [1.165, 1.54) is 0 Å². The van der Waals surface area contributed by atoms with Crippen LogP contribution in [0, 0.1) is 0 Å². The van der Waals surface area contributed by atoms with Crippen molar-refractivity contribution < 1.29 is 28.0 Å². The SMILES string of the molecule is O=C(O)CONC(=O)NC1CCS(=O)(=O)CC1. The van der Waals surface area contributed by atoms with Gasteiger partial charge in [-0.05, 0) is 12.8 Å². The van der Waals surface area contributed by atoms with Gasteiger partial charge in [-0.1, -0.05) is 0 Å². The number of hydrogen-bond acceptors (Lipinski definition) is 5. The lowest BCUT2D eigenvalue weighted by molar-refractivity contribution is -0.144. The molecule has 0 saturated carbocycles. The Labute approximate surface area is 98.2 Å². The van der Waals surface area contributed by atoms with Crippen molar-refractivity contribution in [2.75, 3.05) is 18.1 Å². The molecular formula is C8H14N2O6S.